The molecule has 0 radical (unpaired) electrons. The van der Waals surface area contributed by atoms with Gasteiger partial charge >= 0.3 is 0 Å². The number of carbonyl (C=O) groups is 3. The average molecular weight is 450 g/mol. The highest BCUT2D eigenvalue weighted by Gasteiger charge is 2.46. The van der Waals surface area contributed by atoms with E-state index in [2.05, 4.69) is 17.0 Å². The first-order valence-electron chi connectivity index (χ1n) is 11.6. The van der Waals surface area contributed by atoms with Crippen LogP contribution in [0.25, 0.3) is 0 Å². The third-order valence-electron chi connectivity index (χ3n) is 6.43. The fourth-order valence-corrected chi connectivity index (χ4v) is 4.89. The van der Waals surface area contributed by atoms with Crippen LogP contribution in [0, 0.1) is 0 Å². The Balaban J connectivity index is 1.43. The number of hydrogen-bond acceptors (Lipinski definition) is 5. The van der Waals surface area contributed by atoms with Crippen LogP contribution in [0.1, 0.15) is 38.7 Å². The number of ether oxygens (including phenoxy) is 1. The van der Waals surface area contributed by atoms with E-state index in [-0.39, 0.29) is 30.2 Å². The summed E-state index contributed by atoms with van der Waals surface area (Å²) in [6, 6.07) is 16.5. The van der Waals surface area contributed by atoms with E-state index in [4.69, 9.17) is 4.74 Å². The lowest BCUT2D eigenvalue weighted by atomic mass is 9.99. The van der Waals surface area contributed by atoms with Crippen LogP contribution in [0.5, 0.6) is 5.75 Å². The Hall–Kier alpha value is -3.19. The standard InChI is InChI=1S/C26H31N3O4/c1-3-33-23-11-9-21(10-12-23)29-25(31)17-24(26(29)32)28(19(2)30)22-13-15-27(16-14-22)18-20-7-5-4-6-8-20/h4-12,22,24H,3,13-18H2,1-2H3. The fourth-order valence-electron chi connectivity index (χ4n) is 4.89. The summed E-state index contributed by atoms with van der Waals surface area (Å²) in [5.74, 6) is -0.0753. The minimum Gasteiger partial charge on any atom is -0.494 e. The van der Waals surface area contributed by atoms with Crippen LogP contribution in [-0.2, 0) is 20.9 Å². The minimum atomic E-state index is -0.743. The largest absolute Gasteiger partial charge is 0.494 e. The first-order valence-corrected chi connectivity index (χ1v) is 11.6. The zero-order chi connectivity index (χ0) is 23.4. The highest BCUT2D eigenvalue weighted by molar-refractivity contribution is 6.23. The molecule has 1 atom stereocenters. The van der Waals surface area contributed by atoms with Crippen molar-refractivity contribution in [2.75, 3.05) is 24.6 Å². The lowest BCUT2D eigenvalue weighted by Crippen LogP contribution is -2.53. The number of hydrogen-bond donors (Lipinski definition) is 0. The molecule has 2 aliphatic rings. The van der Waals surface area contributed by atoms with Gasteiger partial charge in [0.15, 0.2) is 0 Å². The van der Waals surface area contributed by atoms with Crippen LogP contribution in [0.2, 0.25) is 0 Å². The smallest absolute Gasteiger partial charge is 0.257 e. The van der Waals surface area contributed by atoms with Gasteiger partial charge in [0, 0.05) is 32.6 Å². The van der Waals surface area contributed by atoms with E-state index in [9.17, 15) is 14.4 Å². The van der Waals surface area contributed by atoms with Crippen LogP contribution in [-0.4, -0.2) is 59.3 Å². The minimum absolute atomic E-state index is 0.0237. The van der Waals surface area contributed by atoms with Crippen LogP contribution in [0.4, 0.5) is 5.69 Å². The molecule has 0 saturated carbocycles. The Bertz CT molecular complexity index is 984. The van der Waals surface area contributed by atoms with Gasteiger partial charge in [0.05, 0.1) is 18.7 Å². The number of likely N-dealkylation sites (tertiary alicyclic amines) is 1. The molecule has 2 aromatic rings. The summed E-state index contributed by atoms with van der Waals surface area (Å²) in [5, 5.41) is 0. The van der Waals surface area contributed by atoms with Crippen molar-refractivity contribution >= 4 is 23.4 Å². The number of piperidine rings is 1. The van der Waals surface area contributed by atoms with Gasteiger partial charge in [-0.25, -0.2) is 4.90 Å². The third kappa shape index (κ3) is 5.09. The van der Waals surface area contributed by atoms with Crippen molar-refractivity contribution in [3.8, 4) is 5.75 Å². The number of nitrogens with zero attached hydrogens (tertiary/aromatic N) is 3. The van der Waals surface area contributed by atoms with Gasteiger partial charge in [0.2, 0.25) is 11.8 Å². The second kappa shape index (κ2) is 10.2. The molecule has 174 valence electrons. The van der Waals surface area contributed by atoms with Crippen LogP contribution in [0.3, 0.4) is 0 Å². The van der Waals surface area contributed by atoms with Crippen LogP contribution >= 0.6 is 0 Å². The predicted molar refractivity (Wildman–Crippen MR) is 126 cm³/mol. The highest BCUT2D eigenvalue weighted by atomic mass is 16.5. The van der Waals surface area contributed by atoms with Gasteiger partial charge in [0.1, 0.15) is 11.8 Å². The van der Waals surface area contributed by atoms with E-state index in [1.54, 1.807) is 29.2 Å². The Morgan fingerprint density at radius 1 is 1.03 bits per heavy atom. The Morgan fingerprint density at radius 2 is 1.70 bits per heavy atom. The fraction of sp³-hybridized carbons (Fsp3) is 0.423. The third-order valence-corrected chi connectivity index (χ3v) is 6.43. The lowest BCUT2D eigenvalue weighted by Gasteiger charge is -2.40. The summed E-state index contributed by atoms with van der Waals surface area (Å²) in [4.78, 5) is 44.0. The first kappa shape index (κ1) is 23.0. The second-order valence-electron chi connectivity index (χ2n) is 8.63. The maximum absolute atomic E-state index is 13.3. The van der Waals surface area contributed by atoms with E-state index < -0.39 is 6.04 Å². The van der Waals surface area contributed by atoms with Gasteiger partial charge in [-0.05, 0) is 49.6 Å². The molecule has 2 heterocycles. The van der Waals surface area contributed by atoms with Gasteiger partial charge in [0.25, 0.3) is 5.91 Å². The molecule has 1 unspecified atom stereocenters. The quantitative estimate of drug-likeness (QED) is 0.607. The Kier molecular flexibility index (Phi) is 7.08. The SMILES string of the molecule is CCOc1ccc(N2C(=O)CC(N(C(C)=O)C3CCN(Cc4ccccc4)CC3)C2=O)cc1. The summed E-state index contributed by atoms with van der Waals surface area (Å²) in [6.07, 6.45) is 1.59. The molecule has 4 rings (SSSR count). The van der Waals surface area contributed by atoms with E-state index >= 15 is 0 Å². The molecule has 0 spiro atoms. The van der Waals surface area contributed by atoms with Crippen LogP contribution < -0.4 is 9.64 Å². The van der Waals surface area contributed by atoms with Crippen molar-refractivity contribution in [1.29, 1.82) is 0 Å². The van der Waals surface area contributed by atoms with Crippen molar-refractivity contribution in [3.63, 3.8) is 0 Å². The molecular weight excluding hydrogens is 418 g/mol. The van der Waals surface area contributed by atoms with Gasteiger partial charge in [-0.15, -0.1) is 0 Å². The molecular formula is C26H31N3O4. The number of amides is 3. The number of imide groups is 1. The summed E-state index contributed by atoms with van der Waals surface area (Å²) in [5.41, 5.74) is 1.78. The molecule has 0 aromatic heterocycles. The summed E-state index contributed by atoms with van der Waals surface area (Å²) in [7, 11) is 0. The molecule has 3 amide bonds. The normalized spacial score (nSPS) is 19.7. The van der Waals surface area contributed by atoms with E-state index in [1.165, 1.54) is 17.4 Å². The predicted octanol–water partition coefficient (Wildman–Crippen LogP) is 3.23. The maximum atomic E-state index is 13.3. The first-order chi connectivity index (χ1) is 16.0. The summed E-state index contributed by atoms with van der Waals surface area (Å²) >= 11 is 0. The van der Waals surface area contributed by atoms with E-state index in [0.717, 1.165) is 32.5 Å². The molecule has 7 nitrogen and oxygen atoms in total. The molecule has 2 fully saturated rings. The Morgan fingerprint density at radius 3 is 2.30 bits per heavy atom. The Labute approximate surface area is 194 Å². The summed E-state index contributed by atoms with van der Waals surface area (Å²) < 4.78 is 5.45. The molecule has 2 aromatic carbocycles. The molecule has 2 aliphatic heterocycles. The van der Waals surface area contributed by atoms with Crippen LogP contribution in [0.15, 0.2) is 54.6 Å². The molecule has 0 N–H and O–H groups in total. The number of carbonyl (C=O) groups excluding carboxylic acids is 3. The average Bonchev–Trinajstić information content (AvgIpc) is 3.10. The van der Waals surface area contributed by atoms with Crippen molar-refractivity contribution in [3.05, 3.63) is 60.2 Å². The number of rotatable bonds is 7. The van der Waals surface area contributed by atoms with Gasteiger partial charge in [-0.2, -0.15) is 0 Å². The van der Waals surface area contributed by atoms with Gasteiger partial charge in [-0.3, -0.25) is 19.3 Å². The molecule has 0 bridgehead atoms. The highest BCUT2D eigenvalue weighted by Crippen LogP contribution is 2.30. The maximum Gasteiger partial charge on any atom is 0.257 e. The molecule has 2 saturated heterocycles. The monoisotopic (exact) mass is 449 g/mol. The second-order valence-corrected chi connectivity index (χ2v) is 8.63. The van der Waals surface area contributed by atoms with Crippen molar-refractivity contribution in [2.45, 2.75) is 51.7 Å². The van der Waals surface area contributed by atoms with Crippen molar-refractivity contribution in [1.82, 2.24) is 9.80 Å². The number of anilines is 1. The van der Waals surface area contributed by atoms with E-state index in [1.807, 2.05) is 25.1 Å². The van der Waals surface area contributed by atoms with E-state index in [0.29, 0.717) is 18.0 Å². The van der Waals surface area contributed by atoms with Crippen molar-refractivity contribution in [2.24, 2.45) is 0 Å². The van der Waals surface area contributed by atoms with Gasteiger partial charge < -0.3 is 9.64 Å². The zero-order valence-corrected chi connectivity index (χ0v) is 19.3. The molecule has 33 heavy (non-hydrogen) atoms. The number of benzene rings is 2. The molecule has 7 heteroatoms. The topological polar surface area (TPSA) is 70.2 Å². The van der Waals surface area contributed by atoms with Crippen molar-refractivity contribution < 1.29 is 19.1 Å². The summed E-state index contributed by atoms with van der Waals surface area (Å²) in [6.45, 7) is 6.50. The molecule has 0 aliphatic carbocycles. The van der Waals surface area contributed by atoms with Gasteiger partial charge in [-0.1, -0.05) is 30.3 Å². The zero-order valence-electron chi connectivity index (χ0n) is 19.3. The lowest BCUT2D eigenvalue weighted by molar-refractivity contribution is -0.140.